The van der Waals surface area contributed by atoms with Gasteiger partial charge in [-0.05, 0) is 35.9 Å². The first-order chi connectivity index (χ1) is 15.3. The average molecular weight is 441 g/mol. The molecule has 1 aliphatic heterocycles. The van der Waals surface area contributed by atoms with Crippen LogP contribution in [-0.2, 0) is 14.3 Å². The highest BCUT2D eigenvalue weighted by molar-refractivity contribution is 5.90. The molecule has 1 saturated heterocycles. The maximum atomic E-state index is 15.0. The molecule has 166 valence electrons. The normalized spacial score (nSPS) is 15.5. The van der Waals surface area contributed by atoms with Crippen molar-refractivity contribution in [3.8, 4) is 11.1 Å². The minimum absolute atomic E-state index is 0.190. The zero-order valence-electron chi connectivity index (χ0n) is 17.3. The summed E-state index contributed by atoms with van der Waals surface area (Å²) in [5.74, 6) is -0.451. The number of aromatic nitrogens is 2. The summed E-state index contributed by atoms with van der Waals surface area (Å²) >= 11 is 0. The third-order valence-corrected chi connectivity index (χ3v) is 4.90. The molecule has 11 heteroatoms. The van der Waals surface area contributed by atoms with Crippen molar-refractivity contribution in [1.82, 2.24) is 14.7 Å². The van der Waals surface area contributed by atoms with E-state index in [2.05, 4.69) is 20.4 Å². The lowest BCUT2D eigenvalue weighted by atomic mass is 10.1. The number of amides is 3. The topological polar surface area (TPSA) is 114 Å². The number of carbonyl (C=O) groups excluding carboxylic acids is 3. The summed E-state index contributed by atoms with van der Waals surface area (Å²) in [7, 11) is 1.25. The molecule has 3 heterocycles. The van der Waals surface area contributed by atoms with Crippen molar-refractivity contribution in [2.75, 3.05) is 30.4 Å². The van der Waals surface area contributed by atoms with E-state index in [1.165, 1.54) is 25.0 Å². The minimum Gasteiger partial charge on any atom is -0.453 e. The van der Waals surface area contributed by atoms with E-state index in [4.69, 9.17) is 4.74 Å². The number of hydrogen-bond donors (Lipinski definition) is 2. The van der Waals surface area contributed by atoms with E-state index in [0.717, 1.165) is 0 Å². The van der Waals surface area contributed by atoms with Crippen LogP contribution < -0.4 is 15.5 Å². The summed E-state index contributed by atoms with van der Waals surface area (Å²) in [6.45, 7) is 1.77. The molecule has 0 saturated carbocycles. The molecule has 0 bridgehead atoms. The summed E-state index contributed by atoms with van der Waals surface area (Å²) < 4.78 is 26.4. The Kier molecular flexibility index (Phi) is 5.63. The van der Waals surface area contributed by atoms with Gasteiger partial charge in [-0.3, -0.25) is 15.0 Å². The number of anilines is 2. The van der Waals surface area contributed by atoms with Gasteiger partial charge in [0.2, 0.25) is 5.91 Å². The van der Waals surface area contributed by atoms with Crippen molar-refractivity contribution in [3.63, 3.8) is 0 Å². The summed E-state index contributed by atoms with van der Waals surface area (Å²) in [6, 6.07) is 7.84. The second-order valence-corrected chi connectivity index (χ2v) is 7.14. The highest BCUT2D eigenvalue weighted by Crippen LogP contribution is 2.30. The number of nitrogens with zero attached hydrogens (tertiary/aromatic N) is 3. The number of nitrogens with one attached hydrogen (secondary N) is 2. The summed E-state index contributed by atoms with van der Waals surface area (Å²) in [4.78, 5) is 40.2. The maximum Gasteiger partial charge on any atom is 0.414 e. The van der Waals surface area contributed by atoms with E-state index in [1.54, 1.807) is 41.1 Å². The van der Waals surface area contributed by atoms with Gasteiger partial charge in [-0.1, -0.05) is 0 Å². The van der Waals surface area contributed by atoms with Crippen LogP contribution in [0.15, 0.2) is 42.7 Å². The molecule has 1 aromatic carbocycles. The third-order valence-electron chi connectivity index (χ3n) is 4.90. The van der Waals surface area contributed by atoms with Crippen LogP contribution in [0.2, 0.25) is 0 Å². The van der Waals surface area contributed by atoms with Crippen LogP contribution in [0.25, 0.3) is 16.8 Å². The quantitative estimate of drug-likeness (QED) is 0.629. The van der Waals surface area contributed by atoms with E-state index in [0.29, 0.717) is 28.3 Å². The second-order valence-electron chi connectivity index (χ2n) is 7.14. The molecule has 1 atom stereocenters. The Labute approximate surface area is 181 Å². The van der Waals surface area contributed by atoms with E-state index < -0.39 is 24.1 Å². The van der Waals surface area contributed by atoms with Gasteiger partial charge in [-0.15, -0.1) is 0 Å². The maximum absolute atomic E-state index is 15.0. The number of fused-ring (bicyclic) bond motifs is 1. The number of halogens is 1. The number of ether oxygens (including phenoxy) is 2. The number of cyclic esters (lactones) is 1. The predicted octanol–water partition coefficient (Wildman–Crippen LogP) is 2.78. The van der Waals surface area contributed by atoms with Crippen LogP contribution >= 0.6 is 0 Å². The van der Waals surface area contributed by atoms with Gasteiger partial charge < -0.3 is 19.2 Å². The fourth-order valence-electron chi connectivity index (χ4n) is 3.37. The number of carbonyl (C=O) groups is 3. The molecule has 2 aromatic heterocycles. The van der Waals surface area contributed by atoms with Gasteiger partial charge in [0, 0.05) is 18.7 Å². The molecule has 3 amide bonds. The van der Waals surface area contributed by atoms with E-state index >= 15 is 0 Å². The molecule has 0 radical (unpaired) electrons. The SMILES string of the molecule is COC(=O)Nc1cn2ccc(-c3ccc(N4C[C@H](CNC(C)=O)OC4=O)cc3F)cc2n1. The number of rotatable bonds is 5. The second kappa shape index (κ2) is 8.53. The van der Waals surface area contributed by atoms with Crippen LogP contribution in [-0.4, -0.2) is 53.8 Å². The number of pyridine rings is 1. The fraction of sp³-hybridized carbons (Fsp3) is 0.238. The van der Waals surface area contributed by atoms with Crippen molar-refractivity contribution in [2.24, 2.45) is 0 Å². The molecule has 32 heavy (non-hydrogen) atoms. The molecule has 0 spiro atoms. The zero-order chi connectivity index (χ0) is 22.8. The standard InChI is InChI=1S/C21H20FN5O5/c1-12(28)23-9-15-10-27(21(30)32-15)14-3-4-16(17(22)8-14)13-5-6-26-11-18(24-19(26)7-13)25-20(29)31-2/h3-8,11,15H,9-10H2,1-2H3,(H,23,28)(H,25,29)/t15-/m0/s1. The molecule has 1 aliphatic rings. The lowest BCUT2D eigenvalue weighted by molar-refractivity contribution is -0.119. The minimum atomic E-state index is -0.644. The van der Waals surface area contributed by atoms with Crippen LogP contribution in [0.3, 0.4) is 0 Å². The lowest BCUT2D eigenvalue weighted by Gasteiger charge is -2.14. The van der Waals surface area contributed by atoms with Crippen LogP contribution in [0.1, 0.15) is 6.92 Å². The number of hydrogen-bond acceptors (Lipinski definition) is 6. The molecule has 0 unspecified atom stereocenters. The molecule has 10 nitrogen and oxygen atoms in total. The largest absolute Gasteiger partial charge is 0.453 e. The number of imidazole rings is 1. The first kappa shape index (κ1) is 21.1. The molecule has 4 rings (SSSR count). The third kappa shape index (κ3) is 4.31. The smallest absolute Gasteiger partial charge is 0.414 e. The molecular formula is C21H20FN5O5. The molecular weight excluding hydrogens is 421 g/mol. The Bertz CT molecular complexity index is 1210. The molecule has 2 N–H and O–H groups in total. The lowest BCUT2D eigenvalue weighted by Crippen LogP contribution is -2.33. The van der Waals surface area contributed by atoms with Crippen LogP contribution in [0.5, 0.6) is 0 Å². The fourth-order valence-corrected chi connectivity index (χ4v) is 3.37. The molecule has 1 fully saturated rings. The predicted molar refractivity (Wildman–Crippen MR) is 113 cm³/mol. The van der Waals surface area contributed by atoms with Gasteiger partial charge in [0.25, 0.3) is 0 Å². The highest BCUT2D eigenvalue weighted by atomic mass is 19.1. The van der Waals surface area contributed by atoms with E-state index in [1.807, 2.05) is 0 Å². The summed E-state index contributed by atoms with van der Waals surface area (Å²) in [5, 5.41) is 5.07. The summed E-state index contributed by atoms with van der Waals surface area (Å²) in [6.07, 6.45) is 1.54. The molecule has 3 aromatic rings. The van der Waals surface area contributed by atoms with E-state index in [-0.39, 0.29) is 19.0 Å². The summed E-state index contributed by atoms with van der Waals surface area (Å²) in [5.41, 5.74) is 1.75. The number of benzene rings is 1. The first-order valence-electron chi connectivity index (χ1n) is 9.70. The first-order valence-corrected chi connectivity index (χ1v) is 9.70. The van der Waals surface area contributed by atoms with Gasteiger partial charge >= 0.3 is 12.2 Å². The van der Waals surface area contributed by atoms with Gasteiger partial charge in [-0.2, -0.15) is 0 Å². The Morgan fingerprint density at radius 2 is 2.12 bits per heavy atom. The van der Waals surface area contributed by atoms with Crippen molar-refractivity contribution >= 4 is 35.2 Å². The highest BCUT2D eigenvalue weighted by Gasteiger charge is 2.32. The van der Waals surface area contributed by atoms with Gasteiger partial charge in [0.1, 0.15) is 17.6 Å². The average Bonchev–Trinajstić information content (AvgIpc) is 3.33. The van der Waals surface area contributed by atoms with Crippen molar-refractivity contribution in [3.05, 3.63) is 48.5 Å². The Hall–Kier alpha value is -4.15. The van der Waals surface area contributed by atoms with Crippen molar-refractivity contribution < 1.29 is 28.2 Å². The van der Waals surface area contributed by atoms with E-state index in [9.17, 15) is 18.8 Å². The zero-order valence-corrected chi connectivity index (χ0v) is 17.3. The van der Waals surface area contributed by atoms with Crippen LogP contribution in [0, 0.1) is 5.82 Å². The van der Waals surface area contributed by atoms with Gasteiger partial charge in [0.15, 0.2) is 5.82 Å². The Morgan fingerprint density at radius 3 is 2.84 bits per heavy atom. The van der Waals surface area contributed by atoms with Gasteiger partial charge in [0.05, 0.1) is 32.1 Å². The Morgan fingerprint density at radius 1 is 1.31 bits per heavy atom. The van der Waals surface area contributed by atoms with Gasteiger partial charge in [-0.25, -0.2) is 19.0 Å². The number of methoxy groups -OCH3 is 1. The Balaban J connectivity index is 1.54. The monoisotopic (exact) mass is 441 g/mol. The van der Waals surface area contributed by atoms with Crippen molar-refractivity contribution in [1.29, 1.82) is 0 Å². The van der Waals surface area contributed by atoms with Crippen molar-refractivity contribution in [2.45, 2.75) is 13.0 Å². The molecule has 0 aliphatic carbocycles. The van der Waals surface area contributed by atoms with Crippen LogP contribution in [0.4, 0.5) is 25.5 Å².